The zero-order valence-corrected chi connectivity index (χ0v) is 10.1. The Kier molecular flexibility index (Phi) is 2.82. The molecule has 0 radical (unpaired) electrons. The molecule has 1 saturated heterocycles. The highest BCUT2D eigenvalue weighted by Gasteiger charge is 2.12. The molecular formula is C13H18N4. The molecule has 4 nitrogen and oxygen atoms in total. The number of hydrogen-bond acceptors (Lipinski definition) is 3. The Balaban J connectivity index is 1.80. The van der Waals surface area contributed by atoms with Gasteiger partial charge in [-0.3, -0.25) is 0 Å². The average molecular weight is 230 g/mol. The van der Waals surface area contributed by atoms with E-state index in [0.29, 0.717) is 6.04 Å². The molecule has 1 aromatic carbocycles. The Morgan fingerprint density at radius 1 is 1.41 bits per heavy atom. The standard InChI is InChI=1S/C13H18N4/c1-17-9-16-12-7-10(2-3-13(12)17)6-11-8-14-4-5-15-11/h2-3,7,9,11,14-15H,4-6,8H2,1H3. The number of nitrogens with zero attached hydrogens (tertiary/aromatic N) is 2. The van der Waals surface area contributed by atoms with Gasteiger partial charge in [-0.1, -0.05) is 6.07 Å². The first-order valence-electron chi connectivity index (χ1n) is 6.17. The van der Waals surface area contributed by atoms with Crippen molar-refractivity contribution in [1.29, 1.82) is 0 Å². The molecule has 0 spiro atoms. The molecule has 0 aliphatic carbocycles. The molecule has 4 heteroatoms. The summed E-state index contributed by atoms with van der Waals surface area (Å²) in [7, 11) is 2.03. The van der Waals surface area contributed by atoms with Crippen LogP contribution in [0.1, 0.15) is 5.56 Å². The summed E-state index contributed by atoms with van der Waals surface area (Å²) in [5.41, 5.74) is 3.65. The molecule has 1 aromatic heterocycles. The molecule has 0 amide bonds. The van der Waals surface area contributed by atoms with Gasteiger partial charge in [0, 0.05) is 32.7 Å². The average Bonchev–Trinajstić information content (AvgIpc) is 2.72. The second kappa shape index (κ2) is 4.47. The van der Waals surface area contributed by atoms with Gasteiger partial charge in [0.15, 0.2) is 0 Å². The van der Waals surface area contributed by atoms with Crippen LogP contribution in [-0.2, 0) is 13.5 Å². The smallest absolute Gasteiger partial charge is 0.0955 e. The topological polar surface area (TPSA) is 41.9 Å². The van der Waals surface area contributed by atoms with Gasteiger partial charge < -0.3 is 15.2 Å². The molecule has 2 N–H and O–H groups in total. The van der Waals surface area contributed by atoms with Gasteiger partial charge in [0.1, 0.15) is 0 Å². The maximum atomic E-state index is 4.40. The van der Waals surface area contributed by atoms with Crippen molar-refractivity contribution in [1.82, 2.24) is 20.2 Å². The normalized spacial score (nSPS) is 20.9. The van der Waals surface area contributed by atoms with E-state index in [0.717, 1.165) is 31.6 Å². The minimum Gasteiger partial charge on any atom is -0.334 e. The van der Waals surface area contributed by atoms with Crippen molar-refractivity contribution in [2.45, 2.75) is 12.5 Å². The van der Waals surface area contributed by atoms with Crippen LogP contribution in [0, 0.1) is 0 Å². The number of nitrogens with one attached hydrogen (secondary N) is 2. The Morgan fingerprint density at radius 2 is 2.35 bits per heavy atom. The van der Waals surface area contributed by atoms with Gasteiger partial charge in [-0.2, -0.15) is 0 Å². The maximum Gasteiger partial charge on any atom is 0.0955 e. The van der Waals surface area contributed by atoms with Crippen LogP contribution in [0.2, 0.25) is 0 Å². The highest BCUT2D eigenvalue weighted by molar-refractivity contribution is 5.75. The molecule has 1 aliphatic heterocycles. The summed E-state index contributed by atoms with van der Waals surface area (Å²) in [5, 5.41) is 6.95. The van der Waals surface area contributed by atoms with Gasteiger partial charge >= 0.3 is 0 Å². The highest BCUT2D eigenvalue weighted by Crippen LogP contribution is 2.15. The largest absolute Gasteiger partial charge is 0.334 e. The van der Waals surface area contributed by atoms with Crippen molar-refractivity contribution in [2.24, 2.45) is 7.05 Å². The Bertz CT molecular complexity index is 511. The van der Waals surface area contributed by atoms with Gasteiger partial charge in [0.05, 0.1) is 17.4 Å². The monoisotopic (exact) mass is 230 g/mol. The number of imidazole rings is 1. The summed E-state index contributed by atoms with van der Waals surface area (Å²) in [6.07, 6.45) is 2.94. The summed E-state index contributed by atoms with van der Waals surface area (Å²) in [6.45, 7) is 3.20. The lowest BCUT2D eigenvalue weighted by atomic mass is 10.0. The number of aryl methyl sites for hydroxylation is 1. The molecule has 1 aliphatic rings. The fraction of sp³-hybridized carbons (Fsp3) is 0.462. The molecule has 0 bridgehead atoms. The van der Waals surface area contributed by atoms with Gasteiger partial charge in [0.2, 0.25) is 0 Å². The van der Waals surface area contributed by atoms with E-state index in [1.54, 1.807) is 0 Å². The van der Waals surface area contributed by atoms with E-state index in [1.807, 2.05) is 13.4 Å². The van der Waals surface area contributed by atoms with Crippen molar-refractivity contribution in [3.8, 4) is 0 Å². The molecule has 0 saturated carbocycles. The van der Waals surface area contributed by atoms with E-state index in [-0.39, 0.29) is 0 Å². The van der Waals surface area contributed by atoms with Gasteiger partial charge in [-0.15, -0.1) is 0 Å². The van der Waals surface area contributed by atoms with Crippen LogP contribution in [0.5, 0.6) is 0 Å². The van der Waals surface area contributed by atoms with E-state index in [2.05, 4.69) is 38.4 Å². The van der Waals surface area contributed by atoms with Crippen molar-refractivity contribution in [3.63, 3.8) is 0 Å². The van der Waals surface area contributed by atoms with Crippen LogP contribution >= 0.6 is 0 Å². The van der Waals surface area contributed by atoms with E-state index >= 15 is 0 Å². The Morgan fingerprint density at radius 3 is 3.18 bits per heavy atom. The first-order chi connectivity index (χ1) is 8.33. The lowest BCUT2D eigenvalue weighted by Crippen LogP contribution is -2.49. The minimum atomic E-state index is 0.546. The second-order valence-electron chi connectivity index (χ2n) is 4.74. The highest BCUT2D eigenvalue weighted by atomic mass is 15.1. The first kappa shape index (κ1) is 10.7. The second-order valence-corrected chi connectivity index (χ2v) is 4.74. The van der Waals surface area contributed by atoms with Crippen molar-refractivity contribution in [3.05, 3.63) is 30.1 Å². The van der Waals surface area contributed by atoms with E-state index < -0.39 is 0 Å². The number of benzene rings is 1. The van der Waals surface area contributed by atoms with E-state index in [1.165, 1.54) is 11.1 Å². The summed E-state index contributed by atoms with van der Waals surface area (Å²) >= 11 is 0. The fourth-order valence-electron chi connectivity index (χ4n) is 2.45. The lowest BCUT2D eigenvalue weighted by Gasteiger charge is -2.24. The van der Waals surface area contributed by atoms with E-state index in [4.69, 9.17) is 0 Å². The quantitative estimate of drug-likeness (QED) is 0.797. The molecule has 90 valence electrons. The summed E-state index contributed by atoms with van der Waals surface area (Å²) in [6, 6.07) is 7.12. The number of rotatable bonds is 2. The molecule has 2 aromatic rings. The van der Waals surface area contributed by atoms with Crippen LogP contribution in [0.15, 0.2) is 24.5 Å². The number of piperazine rings is 1. The Labute approximate surface area is 101 Å². The van der Waals surface area contributed by atoms with Crippen LogP contribution in [0.4, 0.5) is 0 Å². The molecule has 1 unspecified atom stereocenters. The molecule has 1 fully saturated rings. The minimum absolute atomic E-state index is 0.546. The zero-order chi connectivity index (χ0) is 11.7. The molecule has 3 rings (SSSR count). The van der Waals surface area contributed by atoms with Crippen molar-refractivity contribution >= 4 is 11.0 Å². The summed E-state index contributed by atoms with van der Waals surface area (Å²) in [5.74, 6) is 0. The summed E-state index contributed by atoms with van der Waals surface area (Å²) < 4.78 is 2.06. The number of fused-ring (bicyclic) bond motifs is 1. The molecule has 1 atom stereocenters. The predicted molar refractivity (Wildman–Crippen MR) is 69.1 cm³/mol. The fourth-order valence-corrected chi connectivity index (χ4v) is 2.45. The SMILES string of the molecule is Cn1cnc2cc(CC3CNCCN3)ccc21. The third-order valence-corrected chi connectivity index (χ3v) is 3.40. The maximum absolute atomic E-state index is 4.40. The van der Waals surface area contributed by atoms with Crippen LogP contribution < -0.4 is 10.6 Å². The molecule has 17 heavy (non-hydrogen) atoms. The van der Waals surface area contributed by atoms with Crippen LogP contribution in [-0.4, -0.2) is 35.2 Å². The van der Waals surface area contributed by atoms with Crippen molar-refractivity contribution in [2.75, 3.05) is 19.6 Å². The van der Waals surface area contributed by atoms with Crippen LogP contribution in [0.25, 0.3) is 11.0 Å². The van der Waals surface area contributed by atoms with E-state index in [9.17, 15) is 0 Å². The first-order valence-corrected chi connectivity index (χ1v) is 6.17. The van der Waals surface area contributed by atoms with Crippen molar-refractivity contribution < 1.29 is 0 Å². The van der Waals surface area contributed by atoms with Gasteiger partial charge in [0.25, 0.3) is 0 Å². The third-order valence-electron chi connectivity index (χ3n) is 3.40. The number of hydrogen-bond donors (Lipinski definition) is 2. The molecule has 2 heterocycles. The Hall–Kier alpha value is -1.39. The van der Waals surface area contributed by atoms with Crippen LogP contribution in [0.3, 0.4) is 0 Å². The predicted octanol–water partition coefficient (Wildman–Crippen LogP) is 0.677. The van der Waals surface area contributed by atoms with Gasteiger partial charge in [-0.25, -0.2) is 4.98 Å². The zero-order valence-electron chi connectivity index (χ0n) is 10.1. The van der Waals surface area contributed by atoms with Gasteiger partial charge in [-0.05, 0) is 24.1 Å². The summed E-state index contributed by atoms with van der Waals surface area (Å²) in [4.78, 5) is 4.40. The molecular weight excluding hydrogens is 212 g/mol. The number of aromatic nitrogens is 2. The third kappa shape index (κ3) is 2.18. The lowest BCUT2D eigenvalue weighted by molar-refractivity contribution is 0.417.